The molecule has 0 bridgehead atoms. The topological polar surface area (TPSA) is 29.3 Å². The van der Waals surface area contributed by atoms with Crippen LogP contribution in [0.2, 0.25) is 0 Å². The van der Waals surface area contributed by atoms with E-state index in [0.29, 0.717) is 0 Å². The molecule has 0 fully saturated rings. The number of fused-ring (bicyclic) bond motifs is 1. The SMILES string of the molecule is CCCCCCCN1CCSc2cc(N)ccc21. The van der Waals surface area contributed by atoms with Gasteiger partial charge in [0, 0.05) is 29.4 Å². The predicted octanol–water partition coefficient (Wildman–Crippen LogP) is 4.15. The maximum atomic E-state index is 5.85. The molecule has 1 heterocycles. The smallest absolute Gasteiger partial charge is 0.0506 e. The molecule has 0 spiro atoms. The Morgan fingerprint density at radius 2 is 2.06 bits per heavy atom. The molecule has 1 aromatic rings. The van der Waals surface area contributed by atoms with Gasteiger partial charge in [-0.25, -0.2) is 0 Å². The van der Waals surface area contributed by atoms with Crippen molar-refractivity contribution in [1.29, 1.82) is 0 Å². The molecule has 100 valence electrons. The Balaban J connectivity index is 1.88. The fourth-order valence-electron chi connectivity index (χ4n) is 2.43. The molecule has 0 saturated heterocycles. The van der Waals surface area contributed by atoms with Crippen LogP contribution in [-0.4, -0.2) is 18.8 Å². The van der Waals surface area contributed by atoms with Crippen molar-refractivity contribution in [1.82, 2.24) is 0 Å². The fraction of sp³-hybridized carbons (Fsp3) is 0.600. The number of hydrogen-bond donors (Lipinski definition) is 1. The zero-order valence-corrected chi connectivity index (χ0v) is 12.1. The summed E-state index contributed by atoms with van der Waals surface area (Å²) in [4.78, 5) is 3.88. The first-order valence-electron chi connectivity index (χ1n) is 7.08. The molecule has 2 nitrogen and oxygen atoms in total. The molecule has 2 N–H and O–H groups in total. The van der Waals surface area contributed by atoms with Crippen LogP contribution in [-0.2, 0) is 0 Å². The van der Waals surface area contributed by atoms with Gasteiger partial charge in [-0.15, -0.1) is 11.8 Å². The van der Waals surface area contributed by atoms with Crippen LogP contribution >= 0.6 is 11.8 Å². The monoisotopic (exact) mass is 264 g/mol. The van der Waals surface area contributed by atoms with Gasteiger partial charge in [0.15, 0.2) is 0 Å². The average molecular weight is 264 g/mol. The summed E-state index contributed by atoms with van der Waals surface area (Å²) in [7, 11) is 0. The lowest BCUT2D eigenvalue weighted by atomic mass is 10.1. The van der Waals surface area contributed by atoms with Gasteiger partial charge >= 0.3 is 0 Å². The minimum Gasteiger partial charge on any atom is -0.399 e. The molecule has 1 aliphatic rings. The van der Waals surface area contributed by atoms with Crippen LogP contribution in [0.25, 0.3) is 0 Å². The second-order valence-corrected chi connectivity index (χ2v) is 6.11. The second-order valence-electron chi connectivity index (χ2n) is 4.98. The molecule has 0 amide bonds. The minimum atomic E-state index is 0.881. The number of unbranched alkanes of at least 4 members (excludes halogenated alkanes) is 4. The molecule has 1 aromatic carbocycles. The Morgan fingerprint density at radius 3 is 2.89 bits per heavy atom. The number of nitrogen functional groups attached to an aromatic ring is 1. The summed E-state index contributed by atoms with van der Waals surface area (Å²) in [6.07, 6.45) is 6.76. The van der Waals surface area contributed by atoms with Crippen molar-refractivity contribution in [3.63, 3.8) is 0 Å². The van der Waals surface area contributed by atoms with Crippen LogP contribution in [0.1, 0.15) is 39.0 Å². The van der Waals surface area contributed by atoms with Crippen molar-refractivity contribution in [2.24, 2.45) is 0 Å². The molecule has 0 unspecified atom stereocenters. The third kappa shape index (κ3) is 3.58. The van der Waals surface area contributed by atoms with Gasteiger partial charge < -0.3 is 10.6 Å². The van der Waals surface area contributed by atoms with Gasteiger partial charge in [0.2, 0.25) is 0 Å². The van der Waals surface area contributed by atoms with E-state index in [-0.39, 0.29) is 0 Å². The normalized spacial score (nSPS) is 14.6. The van der Waals surface area contributed by atoms with E-state index in [9.17, 15) is 0 Å². The van der Waals surface area contributed by atoms with E-state index in [2.05, 4.69) is 24.0 Å². The Morgan fingerprint density at radius 1 is 1.22 bits per heavy atom. The van der Waals surface area contributed by atoms with Crippen LogP contribution in [0.5, 0.6) is 0 Å². The first-order valence-corrected chi connectivity index (χ1v) is 8.07. The van der Waals surface area contributed by atoms with Gasteiger partial charge in [-0.05, 0) is 24.6 Å². The highest BCUT2D eigenvalue weighted by atomic mass is 32.2. The number of nitrogens with two attached hydrogens (primary N) is 1. The molecule has 2 rings (SSSR count). The van der Waals surface area contributed by atoms with Crippen molar-refractivity contribution in [2.45, 2.75) is 43.9 Å². The Labute approximate surface area is 115 Å². The summed E-state index contributed by atoms with van der Waals surface area (Å²) in [6.45, 7) is 4.64. The highest BCUT2D eigenvalue weighted by molar-refractivity contribution is 7.99. The van der Waals surface area contributed by atoms with Gasteiger partial charge in [0.25, 0.3) is 0 Å². The van der Waals surface area contributed by atoms with E-state index in [0.717, 1.165) is 5.69 Å². The van der Waals surface area contributed by atoms with Gasteiger partial charge in [-0.1, -0.05) is 32.6 Å². The molecular weight excluding hydrogens is 240 g/mol. The van der Waals surface area contributed by atoms with Crippen LogP contribution in [0.15, 0.2) is 23.1 Å². The first kappa shape index (κ1) is 13.6. The fourth-order valence-corrected chi connectivity index (χ4v) is 3.53. The Hall–Kier alpha value is -0.830. The molecule has 0 radical (unpaired) electrons. The van der Waals surface area contributed by atoms with Crippen molar-refractivity contribution in [2.75, 3.05) is 29.5 Å². The van der Waals surface area contributed by atoms with E-state index in [4.69, 9.17) is 5.73 Å². The predicted molar refractivity (Wildman–Crippen MR) is 82.6 cm³/mol. The first-order chi connectivity index (χ1) is 8.81. The summed E-state index contributed by atoms with van der Waals surface area (Å²) in [5.41, 5.74) is 8.12. The van der Waals surface area contributed by atoms with Gasteiger partial charge in [0.1, 0.15) is 0 Å². The molecule has 3 heteroatoms. The molecule has 0 saturated carbocycles. The van der Waals surface area contributed by atoms with E-state index >= 15 is 0 Å². The van der Waals surface area contributed by atoms with Crippen molar-refractivity contribution < 1.29 is 0 Å². The van der Waals surface area contributed by atoms with E-state index in [1.54, 1.807) is 0 Å². The maximum Gasteiger partial charge on any atom is 0.0506 e. The molecule has 0 atom stereocenters. The quantitative estimate of drug-likeness (QED) is 0.618. The third-order valence-corrected chi connectivity index (χ3v) is 4.50. The molecule has 1 aliphatic heterocycles. The molecule has 0 aromatic heterocycles. The van der Waals surface area contributed by atoms with Gasteiger partial charge in [-0.3, -0.25) is 0 Å². The summed E-state index contributed by atoms with van der Waals surface area (Å²) in [5.74, 6) is 1.19. The van der Waals surface area contributed by atoms with E-state index < -0.39 is 0 Å². The van der Waals surface area contributed by atoms with Gasteiger partial charge in [-0.2, -0.15) is 0 Å². The van der Waals surface area contributed by atoms with Crippen LogP contribution in [0.3, 0.4) is 0 Å². The van der Waals surface area contributed by atoms with Crippen molar-refractivity contribution in [3.8, 4) is 0 Å². The lowest BCUT2D eigenvalue weighted by molar-refractivity contribution is 0.620. The second kappa shape index (κ2) is 6.93. The minimum absolute atomic E-state index is 0.881. The zero-order chi connectivity index (χ0) is 12.8. The summed E-state index contributed by atoms with van der Waals surface area (Å²) >= 11 is 1.93. The number of rotatable bonds is 6. The highest BCUT2D eigenvalue weighted by Gasteiger charge is 2.16. The number of thioether (sulfide) groups is 1. The van der Waals surface area contributed by atoms with Crippen molar-refractivity contribution in [3.05, 3.63) is 18.2 Å². The van der Waals surface area contributed by atoms with E-state index in [1.165, 1.54) is 61.5 Å². The van der Waals surface area contributed by atoms with E-state index in [1.807, 2.05) is 17.8 Å². The highest BCUT2D eigenvalue weighted by Crippen LogP contribution is 2.36. The van der Waals surface area contributed by atoms with Gasteiger partial charge in [0.05, 0.1) is 5.69 Å². The Bertz CT molecular complexity index is 379. The lowest BCUT2D eigenvalue weighted by Crippen LogP contribution is -2.30. The maximum absolute atomic E-state index is 5.85. The molecule has 0 aliphatic carbocycles. The summed E-state index contributed by atoms with van der Waals surface area (Å²) < 4.78 is 0. The molecule has 18 heavy (non-hydrogen) atoms. The number of benzene rings is 1. The average Bonchev–Trinajstić information content (AvgIpc) is 2.38. The van der Waals surface area contributed by atoms with Crippen LogP contribution in [0, 0.1) is 0 Å². The Kier molecular flexibility index (Phi) is 5.24. The zero-order valence-electron chi connectivity index (χ0n) is 11.3. The lowest BCUT2D eigenvalue weighted by Gasteiger charge is -2.31. The summed E-state index contributed by atoms with van der Waals surface area (Å²) in [6, 6.07) is 6.32. The number of anilines is 2. The largest absolute Gasteiger partial charge is 0.399 e. The third-order valence-electron chi connectivity index (χ3n) is 3.47. The van der Waals surface area contributed by atoms with Crippen LogP contribution < -0.4 is 10.6 Å². The van der Waals surface area contributed by atoms with Crippen molar-refractivity contribution >= 4 is 23.1 Å². The standard InChI is InChI=1S/C15H24N2S/c1-2-3-4-5-6-9-17-10-11-18-15-12-13(16)7-8-14(15)17/h7-8,12H,2-6,9-11,16H2,1H3. The van der Waals surface area contributed by atoms with Crippen LogP contribution in [0.4, 0.5) is 11.4 Å². The summed E-state index contributed by atoms with van der Waals surface area (Å²) in [5, 5.41) is 0. The number of hydrogen-bond acceptors (Lipinski definition) is 3. The molecular formula is C15H24N2S. The number of nitrogens with zero attached hydrogens (tertiary/aromatic N) is 1.